The summed E-state index contributed by atoms with van der Waals surface area (Å²) < 4.78 is 3.66. The van der Waals surface area contributed by atoms with Gasteiger partial charge in [-0.25, -0.2) is 9.97 Å². The van der Waals surface area contributed by atoms with Gasteiger partial charge in [-0.05, 0) is 0 Å². The lowest BCUT2D eigenvalue weighted by molar-refractivity contribution is 0.274. The molecule has 0 aliphatic carbocycles. The summed E-state index contributed by atoms with van der Waals surface area (Å²) in [6.07, 6.45) is 6.93. The number of nitrogens with zero attached hydrogens (tertiary/aromatic N) is 4. The quantitative estimate of drug-likeness (QED) is 0.730. The molecule has 6 nitrogen and oxygen atoms in total. The summed E-state index contributed by atoms with van der Waals surface area (Å²) in [5.41, 5.74) is 0. The smallest absolute Gasteiger partial charge is 0.176 e. The number of rotatable bonds is 5. The molecule has 0 saturated heterocycles. The van der Waals surface area contributed by atoms with E-state index < -0.39 is 0 Å². The molecule has 0 unspecified atom stereocenters. The molecule has 0 saturated carbocycles. The van der Waals surface area contributed by atoms with Gasteiger partial charge in [0.15, 0.2) is 11.6 Å². The number of hydrogen-bond donors (Lipinski definition) is 2. The third-order valence-electron chi connectivity index (χ3n) is 2.31. The zero-order valence-electron chi connectivity index (χ0n) is 8.82. The Hall–Kier alpha value is -1.66. The zero-order valence-corrected chi connectivity index (χ0v) is 8.82. The lowest BCUT2D eigenvalue weighted by atomic mass is 10.5. The van der Waals surface area contributed by atoms with Gasteiger partial charge in [0.1, 0.15) is 0 Å². The van der Waals surface area contributed by atoms with Crippen molar-refractivity contribution in [1.29, 1.82) is 0 Å². The second-order valence-corrected chi connectivity index (χ2v) is 3.34. The van der Waals surface area contributed by atoms with Gasteiger partial charge in [0.2, 0.25) is 0 Å². The molecule has 86 valence electrons. The molecule has 2 heterocycles. The fourth-order valence-electron chi connectivity index (χ4n) is 1.61. The Kier molecular flexibility index (Phi) is 3.33. The van der Waals surface area contributed by atoms with Gasteiger partial charge in [-0.1, -0.05) is 0 Å². The van der Waals surface area contributed by atoms with E-state index in [0.717, 1.165) is 0 Å². The van der Waals surface area contributed by atoms with Crippen LogP contribution in [-0.4, -0.2) is 42.5 Å². The van der Waals surface area contributed by atoms with Crippen LogP contribution < -0.4 is 0 Å². The molecule has 0 aliphatic heterocycles. The van der Waals surface area contributed by atoms with Crippen LogP contribution in [0.5, 0.6) is 0 Å². The summed E-state index contributed by atoms with van der Waals surface area (Å²) in [4.78, 5) is 8.41. The second-order valence-electron chi connectivity index (χ2n) is 3.34. The van der Waals surface area contributed by atoms with E-state index in [1.165, 1.54) is 0 Å². The van der Waals surface area contributed by atoms with E-state index in [1.54, 1.807) is 24.8 Å². The summed E-state index contributed by atoms with van der Waals surface area (Å²) in [6, 6.07) is 0. The van der Waals surface area contributed by atoms with Crippen LogP contribution in [0.3, 0.4) is 0 Å². The van der Waals surface area contributed by atoms with Crippen LogP contribution in [0.2, 0.25) is 0 Å². The number of hydrogen-bond acceptors (Lipinski definition) is 4. The lowest BCUT2D eigenvalue weighted by Gasteiger charge is -2.07. The van der Waals surface area contributed by atoms with E-state index in [-0.39, 0.29) is 13.2 Å². The Morgan fingerprint density at radius 2 is 1.31 bits per heavy atom. The van der Waals surface area contributed by atoms with Crippen molar-refractivity contribution in [3.8, 4) is 11.6 Å². The fraction of sp³-hybridized carbons (Fsp3) is 0.400. The van der Waals surface area contributed by atoms with E-state index in [2.05, 4.69) is 9.97 Å². The molecule has 0 fully saturated rings. The van der Waals surface area contributed by atoms with Gasteiger partial charge < -0.3 is 19.3 Å². The molecule has 0 atom stereocenters. The highest BCUT2D eigenvalue weighted by Crippen LogP contribution is 2.15. The summed E-state index contributed by atoms with van der Waals surface area (Å²) in [5.74, 6) is 1.40. The summed E-state index contributed by atoms with van der Waals surface area (Å²) in [7, 11) is 0. The van der Waals surface area contributed by atoms with Gasteiger partial charge in [-0.15, -0.1) is 0 Å². The van der Waals surface area contributed by atoms with Crippen molar-refractivity contribution in [2.45, 2.75) is 13.1 Å². The Labute approximate surface area is 92.8 Å². The Morgan fingerprint density at radius 3 is 1.69 bits per heavy atom. The third-order valence-corrected chi connectivity index (χ3v) is 2.31. The molecule has 0 aromatic carbocycles. The Balaban J connectivity index is 2.34. The second kappa shape index (κ2) is 4.91. The van der Waals surface area contributed by atoms with Gasteiger partial charge in [-0.3, -0.25) is 0 Å². The maximum atomic E-state index is 8.92. The van der Waals surface area contributed by atoms with E-state index in [4.69, 9.17) is 10.2 Å². The Morgan fingerprint density at radius 1 is 0.875 bits per heavy atom. The van der Waals surface area contributed by atoms with Crippen LogP contribution in [0.1, 0.15) is 0 Å². The normalized spacial score (nSPS) is 10.9. The van der Waals surface area contributed by atoms with E-state index >= 15 is 0 Å². The van der Waals surface area contributed by atoms with Gasteiger partial charge in [0.05, 0.1) is 13.2 Å². The first-order valence-corrected chi connectivity index (χ1v) is 5.11. The van der Waals surface area contributed by atoms with E-state index in [1.807, 2.05) is 9.13 Å². The minimum Gasteiger partial charge on any atom is -0.395 e. The van der Waals surface area contributed by atoms with Crippen LogP contribution in [0, 0.1) is 0 Å². The molecular weight excluding hydrogens is 208 g/mol. The Bertz CT molecular complexity index is 407. The highest BCUT2D eigenvalue weighted by molar-refractivity contribution is 5.44. The maximum Gasteiger partial charge on any atom is 0.176 e. The van der Waals surface area contributed by atoms with Crippen molar-refractivity contribution in [2.24, 2.45) is 0 Å². The minimum atomic E-state index is 0.0596. The molecule has 2 aromatic heterocycles. The SMILES string of the molecule is OCCn1ccnc1-c1nccn1CCO. The van der Waals surface area contributed by atoms with Crippen LogP contribution in [0.15, 0.2) is 24.8 Å². The lowest BCUT2D eigenvalue weighted by Crippen LogP contribution is -2.08. The molecular formula is C10H14N4O2. The first-order chi connectivity index (χ1) is 7.86. The van der Waals surface area contributed by atoms with Gasteiger partial charge in [0, 0.05) is 37.9 Å². The standard InChI is InChI=1S/C10H14N4O2/c15-7-5-13-3-1-11-9(13)10-12-2-4-14(10)6-8-16/h1-4,15-16H,5-8H2. The minimum absolute atomic E-state index is 0.0596. The molecule has 2 aromatic rings. The molecule has 6 heteroatoms. The first kappa shape index (κ1) is 10.8. The molecule has 2 rings (SSSR count). The molecule has 0 spiro atoms. The third kappa shape index (κ3) is 1.98. The van der Waals surface area contributed by atoms with Crippen molar-refractivity contribution in [3.05, 3.63) is 24.8 Å². The topological polar surface area (TPSA) is 76.1 Å². The van der Waals surface area contributed by atoms with Gasteiger partial charge in [-0.2, -0.15) is 0 Å². The summed E-state index contributed by atoms with van der Waals surface area (Å²) >= 11 is 0. The average molecular weight is 222 g/mol. The predicted octanol–water partition coefficient (Wildman–Crippen LogP) is -0.269. The fourth-order valence-corrected chi connectivity index (χ4v) is 1.61. The number of aliphatic hydroxyl groups is 2. The largest absolute Gasteiger partial charge is 0.395 e. The molecule has 0 bridgehead atoms. The predicted molar refractivity (Wildman–Crippen MR) is 57.6 cm³/mol. The van der Waals surface area contributed by atoms with Crippen molar-refractivity contribution in [3.63, 3.8) is 0 Å². The molecule has 0 radical (unpaired) electrons. The van der Waals surface area contributed by atoms with E-state index in [9.17, 15) is 0 Å². The zero-order chi connectivity index (χ0) is 11.4. The van der Waals surface area contributed by atoms with Crippen molar-refractivity contribution >= 4 is 0 Å². The number of aromatic nitrogens is 4. The molecule has 16 heavy (non-hydrogen) atoms. The van der Waals surface area contributed by atoms with Crippen LogP contribution in [0.25, 0.3) is 11.6 Å². The first-order valence-electron chi connectivity index (χ1n) is 5.11. The van der Waals surface area contributed by atoms with Gasteiger partial charge in [0.25, 0.3) is 0 Å². The number of aliphatic hydroxyl groups excluding tert-OH is 2. The molecule has 0 amide bonds. The highest BCUT2D eigenvalue weighted by atomic mass is 16.3. The van der Waals surface area contributed by atoms with Crippen molar-refractivity contribution in [1.82, 2.24) is 19.1 Å². The molecule has 0 aliphatic rings. The average Bonchev–Trinajstić information content (AvgIpc) is 2.87. The van der Waals surface area contributed by atoms with Crippen molar-refractivity contribution in [2.75, 3.05) is 13.2 Å². The number of imidazole rings is 2. The summed E-state index contributed by atoms with van der Waals surface area (Å²) in [5, 5.41) is 17.8. The maximum absolute atomic E-state index is 8.92. The van der Waals surface area contributed by atoms with Gasteiger partial charge >= 0.3 is 0 Å². The monoisotopic (exact) mass is 222 g/mol. The highest BCUT2D eigenvalue weighted by Gasteiger charge is 2.11. The van der Waals surface area contributed by atoms with Crippen LogP contribution in [0.4, 0.5) is 0 Å². The molecule has 2 N–H and O–H groups in total. The van der Waals surface area contributed by atoms with E-state index in [0.29, 0.717) is 24.7 Å². The van der Waals surface area contributed by atoms with Crippen molar-refractivity contribution < 1.29 is 10.2 Å². The van der Waals surface area contributed by atoms with Crippen LogP contribution in [-0.2, 0) is 13.1 Å². The van der Waals surface area contributed by atoms with Crippen LogP contribution >= 0.6 is 0 Å². The summed E-state index contributed by atoms with van der Waals surface area (Å²) in [6.45, 7) is 1.09.